The normalized spacial score (nSPS) is 20.7. The maximum atomic E-state index is 13.6. The predicted molar refractivity (Wildman–Crippen MR) is 144 cm³/mol. The van der Waals surface area contributed by atoms with Crippen molar-refractivity contribution < 1.29 is 14.4 Å². The van der Waals surface area contributed by atoms with Crippen LogP contribution in [0, 0.1) is 0 Å². The predicted octanol–water partition coefficient (Wildman–Crippen LogP) is 4.64. The number of rotatable bonds is 6. The number of fused-ring (bicyclic) bond motifs is 1. The second-order valence-corrected chi connectivity index (χ2v) is 11.9. The zero-order valence-corrected chi connectivity index (χ0v) is 22.6. The average Bonchev–Trinajstić information content (AvgIpc) is 3.50. The van der Waals surface area contributed by atoms with Gasteiger partial charge in [-0.05, 0) is 62.1 Å². The van der Waals surface area contributed by atoms with Crippen LogP contribution >= 0.6 is 11.6 Å². The molecular weight excluding hydrogens is 490 g/mol. The first kappa shape index (κ1) is 25.7. The van der Waals surface area contributed by atoms with Gasteiger partial charge in [-0.1, -0.05) is 44.4 Å². The van der Waals surface area contributed by atoms with E-state index in [0.717, 1.165) is 29.7 Å². The fourth-order valence-electron chi connectivity index (χ4n) is 5.75. The molecule has 2 aromatic rings. The van der Waals surface area contributed by atoms with Crippen LogP contribution < -0.4 is 15.1 Å². The number of halogens is 1. The third-order valence-corrected chi connectivity index (χ3v) is 8.17. The van der Waals surface area contributed by atoms with Crippen LogP contribution in [0.3, 0.4) is 0 Å². The minimum Gasteiger partial charge on any atom is -0.310 e. The van der Waals surface area contributed by atoms with Crippen molar-refractivity contribution in [3.05, 3.63) is 52.8 Å². The molecule has 0 radical (unpaired) electrons. The van der Waals surface area contributed by atoms with Crippen LogP contribution in [0.2, 0.25) is 5.15 Å². The molecule has 2 aliphatic heterocycles. The van der Waals surface area contributed by atoms with E-state index in [1.54, 1.807) is 42.0 Å². The molecule has 1 saturated carbocycles. The molecule has 0 unspecified atom stereocenters. The molecule has 0 bridgehead atoms. The Bertz CT molecular complexity index is 1250. The SMILES string of the molecule is CC1(C)CN(C(=O)CNC2CCCC2)c2cc(N3C(=O)N(Cc4ccnc(Cl)c4)C(C)(C)C3=O)ccc21. The molecule has 2 fully saturated rings. The lowest BCUT2D eigenvalue weighted by Gasteiger charge is -2.27. The third kappa shape index (κ3) is 4.61. The number of amides is 4. The summed E-state index contributed by atoms with van der Waals surface area (Å²) in [4.78, 5) is 49.0. The van der Waals surface area contributed by atoms with Crippen molar-refractivity contribution >= 4 is 40.8 Å². The number of nitrogens with zero attached hydrogens (tertiary/aromatic N) is 4. The molecule has 4 amide bonds. The highest BCUT2D eigenvalue weighted by molar-refractivity contribution is 6.29. The van der Waals surface area contributed by atoms with Gasteiger partial charge in [0.1, 0.15) is 10.7 Å². The molecular formula is C28H34ClN5O3. The third-order valence-electron chi connectivity index (χ3n) is 7.97. The summed E-state index contributed by atoms with van der Waals surface area (Å²) in [5.41, 5.74) is 1.77. The van der Waals surface area contributed by atoms with Gasteiger partial charge in [0.25, 0.3) is 5.91 Å². The summed E-state index contributed by atoms with van der Waals surface area (Å²) in [7, 11) is 0. The summed E-state index contributed by atoms with van der Waals surface area (Å²) in [6.45, 7) is 8.78. The van der Waals surface area contributed by atoms with E-state index in [2.05, 4.69) is 24.1 Å². The van der Waals surface area contributed by atoms with E-state index < -0.39 is 11.6 Å². The summed E-state index contributed by atoms with van der Waals surface area (Å²) in [5, 5.41) is 3.75. The molecule has 9 heteroatoms. The zero-order valence-electron chi connectivity index (χ0n) is 21.9. The van der Waals surface area contributed by atoms with Crippen LogP contribution in [-0.4, -0.2) is 52.4 Å². The lowest BCUT2D eigenvalue weighted by Crippen LogP contribution is -2.43. The summed E-state index contributed by atoms with van der Waals surface area (Å²) in [5.74, 6) is -0.304. The lowest BCUT2D eigenvalue weighted by molar-refractivity contribution is -0.123. The summed E-state index contributed by atoms with van der Waals surface area (Å²) in [6.07, 6.45) is 6.20. The first-order valence-corrected chi connectivity index (χ1v) is 13.3. The molecule has 0 spiro atoms. The Labute approximate surface area is 223 Å². The van der Waals surface area contributed by atoms with E-state index in [9.17, 15) is 14.4 Å². The van der Waals surface area contributed by atoms with Gasteiger partial charge < -0.3 is 15.1 Å². The Balaban J connectivity index is 1.42. The van der Waals surface area contributed by atoms with E-state index in [1.807, 2.05) is 18.2 Å². The van der Waals surface area contributed by atoms with E-state index in [0.29, 0.717) is 23.4 Å². The molecule has 37 heavy (non-hydrogen) atoms. The Morgan fingerprint density at radius 3 is 2.54 bits per heavy atom. The number of benzene rings is 1. The molecule has 1 aromatic carbocycles. The molecule has 196 valence electrons. The highest BCUT2D eigenvalue weighted by Gasteiger charge is 2.52. The van der Waals surface area contributed by atoms with Gasteiger partial charge in [0, 0.05) is 36.4 Å². The van der Waals surface area contributed by atoms with Crippen molar-refractivity contribution in [3.8, 4) is 0 Å². The first-order valence-electron chi connectivity index (χ1n) is 12.9. The van der Waals surface area contributed by atoms with Gasteiger partial charge in [-0.3, -0.25) is 9.59 Å². The monoisotopic (exact) mass is 523 g/mol. The molecule has 3 aliphatic rings. The number of imide groups is 1. The van der Waals surface area contributed by atoms with E-state index >= 15 is 0 Å². The number of anilines is 2. The van der Waals surface area contributed by atoms with Crippen molar-refractivity contribution in [2.45, 2.75) is 76.9 Å². The van der Waals surface area contributed by atoms with E-state index in [4.69, 9.17) is 11.6 Å². The van der Waals surface area contributed by atoms with Crippen molar-refractivity contribution in [1.29, 1.82) is 0 Å². The number of nitrogens with one attached hydrogen (secondary N) is 1. The second kappa shape index (κ2) is 9.40. The van der Waals surface area contributed by atoms with Crippen molar-refractivity contribution in [3.63, 3.8) is 0 Å². The zero-order chi connectivity index (χ0) is 26.5. The molecule has 8 nitrogen and oxygen atoms in total. The highest BCUT2D eigenvalue weighted by Crippen LogP contribution is 2.44. The van der Waals surface area contributed by atoms with E-state index in [-0.39, 0.29) is 30.3 Å². The average molecular weight is 524 g/mol. The molecule has 1 aliphatic carbocycles. The highest BCUT2D eigenvalue weighted by atomic mass is 35.5. The van der Waals surface area contributed by atoms with Crippen LogP contribution in [0.15, 0.2) is 36.5 Å². The maximum absolute atomic E-state index is 13.6. The van der Waals surface area contributed by atoms with E-state index in [1.165, 1.54) is 17.7 Å². The topological polar surface area (TPSA) is 85.8 Å². The first-order chi connectivity index (χ1) is 17.5. The summed E-state index contributed by atoms with van der Waals surface area (Å²) in [6, 6.07) is 9.04. The molecule has 1 saturated heterocycles. The summed E-state index contributed by atoms with van der Waals surface area (Å²) < 4.78 is 0. The molecule has 1 N–H and O–H groups in total. The number of aromatic nitrogens is 1. The minimum absolute atomic E-state index is 0.00599. The molecule has 3 heterocycles. The quantitative estimate of drug-likeness (QED) is 0.440. The maximum Gasteiger partial charge on any atom is 0.332 e. The van der Waals surface area contributed by atoms with Gasteiger partial charge in [0.15, 0.2) is 0 Å². The van der Waals surface area contributed by atoms with Gasteiger partial charge in [-0.25, -0.2) is 14.7 Å². The minimum atomic E-state index is -1.05. The van der Waals surface area contributed by atoms with Gasteiger partial charge in [-0.2, -0.15) is 0 Å². The van der Waals surface area contributed by atoms with Crippen molar-refractivity contribution in [2.24, 2.45) is 0 Å². The Morgan fingerprint density at radius 2 is 1.84 bits per heavy atom. The largest absolute Gasteiger partial charge is 0.332 e. The Kier molecular flexibility index (Phi) is 6.52. The number of hydrogen-bond donors (Lipinski definition) is 1. The van der Waals surface area contributed by atoms with Gasteiger partial charge >= 0.3 is 6.03 Å². The number of urea groups is 1. The standard InChI is InChI=1S/C28H34ClN5O3/c1-27(2)17-32(24(35)15-31-19-7-5-6-8-19)22-14-20(9-10-21(22)27)34-25(36)28(3,4)33(26(34)37)16-18-11-12-30-23(29)13-18/h9-14,19,31H,5-8,15-17H2,1-4H3. The van der Waals surface area contributed by atoms with Crippen LogP contribution in [0.25, 0.3) is 0 Å². The van der Waals surface area contributed by atoms with Crippen molar-refractivity contribution in [1.82, 2.24) is 15.2 Å². The number of pyridine rings is 1. The number of carbonyl (C=O) groups excluding carboxylic acids is 3. The molecule has 5 rings (SSSR count). The van der Waals surface area contributed by atoms with Crippen LogP contribution in [0.1, 0.15) is 64.5 Å². The fraction of sp³-hybridized carbons (Fsp3) is 0.500. The van der Waals surface area contributed by atoms with Crippen LogP contribution in [0.4, 0.5) is 16.2 Å². The van der Waals surface area contributed by atoms with Crippen molar-refractivity contribution in [2.75, 3.05) is 22.9 Å². The smallest absolute Gasteiger partial charge is 0.310 e. The fourth-order valence-corrected chi connectivity index (χ4v) is 5.95. The Hall–Kier alpha value is -2.97. The van der Waals surface area contributed by atoms with Crippen LogP contribution in [0.5, 0.6) is 0 Å². The molecule has 1 aromatic heterocycles. The molecule has 0 atom stereocenters. The Morgan fingerprint density at radius 1 is 1.11 bits per heavy atom. The second-order valence-electron chi connectivity index (χ2n) is 11.5. The van der Waals surface area contributed by atoms with Gasteiger partial charge in [0.2, 0.25) is 5.91 Å². The van der Waals surface area contributed by atoms with Gasteiger partial charge in [0.05, 0.1) is 12.2 Å². The number of hydrogen-bond acceptors (Lipinski definition) is 5. The number of carbonyl (C=O) groups is 3. The lowest BCUT2D eigenvalue weighted by atomic mass is 9.87. The van der Waals surface area contributed by atoms with Crippen LogP contribution in [-0.2, 0) is 21.5 Å². The summed E-state index contributed by atoms with van der Waals surface area (Å²) >= 11 is 6.04. The van der Waals surface area contributed by atoms with Gasteiger partial charge in [-0.15, -0.1) is 0 Å².